The Morgan fingerprint density at radius 1 is 1.15 bits per heavy atom. The van der Waals surface area contributed by atoms with Gasteiger partial charge in [-0.1, -0.05) is 5.57 Å². The molecule has 104 valence electrons. The summed E-state index contributed by atoms with van der Waals surface area (Å²) < 4.78 is 0. The lowest BCUT2D eigenvalue weighted by molar-refractivity contribution is 0.408. The van der Waals surface area contributed by atoms with E-state index in [4.69, 9.17) is 9.98 Å². The van der Waals surface area contributed by atoms with Crippen LogP contribution in [0.2, 0.25) is 0 Å². The van der Waals surface area contributed by atoms with Crippen molar-refractivity contribution >= 4 is 11.4 Å². The standard InChI is InChI=1S/C18H22N2/c1-10-7-14-13-3-2-4-16-17(13)12(9-19-16)8-15(14)18(20-10)11-5-6-11/h11,15,18H,2-9H2,1H3. The smallest absolute Gasteiger partial charge is 0.0612 e. The summed E-state index contributed by atoms with van der Waals surface area (Å²) in [6, 6.07) is 0.603. The highest BCUT2D eigenvalue weighted by molar-refractivity contribution is 6.08. The molecule has 2 heteroatoms. The largest absolute Gasteiger partial charge is 0.290 e. The van der Waals surface area contributed by atoms with Crippen LogP contribution in [0.4, 0.5) is 0 Å². The Labute approximate surface area is 120 Å². The molecular weight excluding hydrogens is 244 g/mol. The third kappa shape index (κ3) is 1.51. The summed E-state index contributed by atoms with van der Waals surface area (Å²) in [6.45, 7) is 3.24. The summed E-state index contributed by atoms with van der Waals surface area (Å²) in [7, 11) is 0. The number of rotatable bonds is 1. The van der Waals surface area contributed by atoms with Gasteiger partial charge in [0.25, 0.3) is 0 Å². The molecule has 2 aliphatic heterocycles. The highest BCUT2D eigenvalue weighted by Crippen LogP contribution is 2.51. The van der Waals surface area contributed by atoms with E-state index in [1.54, 1.807) is 22.3 Å². The zero-order valence-corrected chi connectivity index (χ0v) is 12.3. The van der Waals surface area contributed by atoms with Gasteiger partial charge in [0, 0.05) is 23.8 Å². The molecule has 20 heavy (non-hydrogen) atoms. The van der Waals surface area contributed by atoms with Crippen LogP contribution in [0, 0.1) is 11.8 Å². The summed E-state index contributed by atoms with van der Waals surface area (Å²) in [6.07, 6.45) is 9.06. The Bertz CT molecular complexity index is 613. The van der Waals surface area contributed by atoms with E-state index in [9.17, 15) is 0 Å². The highest BCUT2D eigenvalue weighted by Gasteiger charge is 2.44. The fraction of sp³-hybridized carbons (Fsp3) is 0.667. The zero-order valence-electron chi connectivity index (χ0n) is 12.3. The lowest BCUT2D eigenvalue weighted by Gasteiger charge is -2.39. The molecule has 2 fully saturated rings. The lowest BCUT2D eigenvalue weighted by Crippen LogP contribution is -2.34. The molecule has 5 aliphatic rings. The van der Waals surface area contributed by atoms with Gasteiger partial charge in [-0.25, -0.2) is 0 Å². The van der Waals surface area contributed by atoms with Crippen LogP contribution in [0.5, 0.6) is 0 Å². The van der Waals surface area contributed by atoms with Crippen molar-refractivity contribution in [2.75, 3.05) is 6.54 Å². The third-order valence-corrected chi connectivity index (χ3v) is 5.88. The topological polar surface area (TPSA) is 24.7 Å². The Balaban J connectivity index is 1.64. The second kappa shape index (κ2) is 3.93. The van der Waals surface area contributed by atoms with Crippen LogP contribution in [0.25, 0.3) is 0 Å². The van der Waals surface area contributed by atoms with Gasteiger partial charge in [-0.2, -0.15) is 0 Å². The number of hydrogen-bond donors (Lipinski definition) is 0. The van der Waals surface area contributed by atoms with E-state index in [0.717, 1.165) is 24.8 Å². The first kappa shape index (κ1) is 11.5. The van der Waals surface area contributed by atoms with Crippen LogP contribution in [-0.4, -0.2) is 24.0 Å². The molecule has 0 radical (unpaired) electrons. The molecule has 0 bridgehead atoms. The lowest BCUT2D eigenvalue weighted by atomic mass is 9.68. The predicted octanol–water partition coefficient (Wildman–Crippen LogP) is 3.88. The number of fused-ring (bicyclic) bond motifs is 1. The van der Waals surface area contributed by atoms with E-state index < -0.39 is 0 Å². The molecule has 5 rings (SSSR count). The van der Waals surface area contributed by atoms with Crippen molar-refractivity contribution in [2.24, 2.45) is 21.8 Å². The van der Waals surface area contributed by atoms with E-state index in [0.29, 0.717) is 6.04 Å². The molecule has 0 saturated heterocycles. The van der Waals surface area contributed by atoms with Gasteiger partial charge in [0.05, 0.1) is 12.6 Å². The van der Waals surface area contributed by atoms with E-state index in [1.165, 1.54) is 49.9 Å². The second-order valence-electron chi connectivity index (χ2n) is 7.28. The second-order valence-corrected chi connectivity index (χ2v) is 7.28. The van der Waals surface area contributed by atoms with Crippen LogP contribution in [0.15, 0.2) is 32.3 Å². The van der Waals surface area contributed by atoms with Gasteiger partial charge in [-0.05, 0) is 68.1 Å². The summed E-state index contributed by atoms with van der Waals surface area (Å²) in [4.78, 5) is 9.90. The number of allylic oxidation sites excluding steroid dienone is 2. The van der Waals surface area contributed by atoms with Crippen LogP contribution >= 0.6 is 0 Å². The van der Waals surface area contributed by atoms with Gasteiger partial charge in [-0.3, -0.25) is 9.98 Å². The molecule has 0 aromatic rings. The SMILES string of the molecule is CC1=NC(C2CC2)C2CC3=C4C(=NC3)CCCC4=C2C1. The van der Waals surface area contributed by atoms with Gasteiger partial charge in [-0.15, -0.1) is 0 Å². The predicted molar refractivity (Wildman–Crippen MR) is 82.6 cm³/mol. The first-order valence-corrected chi connectivity index (χ1v) is 8.32. The molecule has 0 N–H and O–H groups in total. The van der Waals surface area contributed by atoms with Gasteiger partial charge in [0.15, 0.2) is 0 Å². The Hall–Kier alpha value is -1.18. The number of hydrogen-bond acceptors (Lipinski definition) is 2. The monoisotopic (exact) mass is 266 g/mol. The zero-order chi connectivity index (χ0) is 13.3. The molecular formula is C18H22N2. The Morgan fingerprint density at radius 2 is 2.05 bits per heavy atom. The van der Waals surface area contributed by atoms with Gasteiger partial charge < -0.3 is 0 Å². The highest BCUT2D eigenvalue weighted by atomic mass is 14.9. The van der Waals surface area contributed by atoms with Crippen molar-refractivity contribution < 1.29 is 0 Å². The maximum Gasteiger partial charge on any atom is 0.0612 e. The molecule has 3 aliphatic carbocycles. The third-order valence-electron chi connectivity index (χ3n) is 5.88. The quantitative estimate of drug-likeness (QED) is 0.688. The number of nitrogens with zero attached hydrogens (tertiary/aromatic N) is 2. The summed E-state index contributed by atoms with van der Waals surface area (Å²) in [5, 5.41) is 0. The van der Waals surface area contributed by atoms with Crippen LogP contribution in [-0.2, 0) is 0 Å². The maximum absolute atomic E-state index is 5.07. The average Bonchev–Trinajstić information content (AvgIpc) is 3.22. The first-order chi connectivity index (χ1) is 9.81. The Kier molecular flexibility index (Phi) is 2.25. The Morgan fingerprint density at radius 3 is 2.90 bits per heavy atom. The van der Waals surface area contributed by atoms with Crippen LogP contribution < -0.4 is 0 Å². The molecule has 0 amide bonds. The fourth-order valence-corrected chi connectivity index (χ4v) is 4.90. The van der Waals surface area contributed by atoms with Crippen molar-refractivity contribution in [3.8, 4) is 0 Å². The molecule has 0 aromatic carbocycles. The van der Waals surface area contributed by atoms with Gasteiger partial charge >= 0.3 is 0 Å². The molecule has 2 saturated carbocycles. The first-order valence-electron chi connectivity index (χ1n) is 8.32. The minimum Gasteiger partial charge on any atom is -0.290 e. The molecule has 2 nitrogen and oxygen atoms in total. The molecule has 2 unspecified atom stereocenters. The molecule has 2 heterocycles. The van der Waals surface area contributed by atoms with E-state index >= 15 is 0 Å². The maximum atomic E-state index is 5.07. The van der Waals surface area contributed by atoms with Crippen molar-refractivity contribution in [1.82, 2.24) is 0 Å². The van der Waals surface area contributed by atoms with E-state index in [2.05, 4.69) is 6.92 Å². The summed E-state index contributed by atoms with van der Waals surface area (Å²) >= 11 is 0. The fourth-order valence-electron chi connectivity index (χ4n) is 4.90. The summed E-state index contributed by atoms with van der Waals surface area (Å²) in [5.74, 6) is 1.62. The van der Waals surface area contributed by atoms with Crippen molar-refractivity contribution in [1.29, 1.82) is 0 Å². The normalized spacial score (nSPS) is 35.6. The van der Waals surface area contributed by atoms with Gasteiger partial charge in [0.2, 0.25) is 0 Å². The average molecular weight is 266 g/mol. The van der Waals surface area contributed by atoms with Crippen molar-refractivity contribution in [3.63, 3.8) is 0 Å². The minimum absolute atomic E-state index is 0.603. The van der Waals surface area contributed by atoms with Crippen LogP contribution in [0.3, 0.4) is 0 Å². The van der Waals surface area contributed by atoms with Crippen molar-refractivity contribution in [2.45, 2.75) is 57.9 Å². The van der Waals surface area contributed by atoms with E-state index in [1.807, 2.05) is 0 Å². The minimum atomic E-state index is 0.603. The number of aliphatic imine (C=N–C) groups is 2. The molecule has 2 atom stereocenters. The molecule has 0 aromatic heterocycles. The van der Waals surface area contributed by atoms with E-state index in [-0.39, 0.29) is 0 Å². The summed E-state index contributed by atoms with van der Waals surface area (Å²) in [5.41, 5.74) is 9.57. The van der Waals surface area contributed by atoms with Gasteiger partial charge in [0.1, 0.15) is 0 Å². The van der Waals surface area contributed by atoms with Crippen molar-refractivity contribution in [3.05, 3.63) is 22.3 Å². The van der Waals surface area contributed by atoms with Crippen LogP contribution in [0.1, 0.15) is 51.9 Å². The molecule has 0 spiro atoms.